The normalized spacial score (nSPS) is 22.6. The second kappa shape index (κ2) is 5.81. The van der Waals surface area contributed by atoms with E-state index in [4.69, 9.17) is 0 Å². The molecule has 20 heavy (non-hydrogen) atoms. The van der Waals surface area contributed by atoms with Crippen LogP contribution in [0.3, 0.4) is 0 Å². The molecule has 3 rings (SSSR count). The Labute approximate surface area is 124 Å². The zero-order valence-electron chi connectivity index (χ0n) is 11.6. The Kier molecular flexibility index (Phi) is 4.30. The molecule has 2 N–H and O–H groups in total. The Morgan fingerprint density at radius 3 is 2.90 bits per heavy atom. The second-order valence-electron chi connectivity index (χ2n) is 5.23. The van der Waals surface area contributed by atoms with Gasteiger partial charge in [-0.05, 0) is 19.9 Å². The van der Waals surface area contributed by atoms with Crippen LogP contribution < -0.4 is 5.32 Å². The van der Waals surface area contributed by atoms with Crippen molar-refractivity contribution in [1.29, 1.82) is 0 Å². The lowest BCUT2D eigenvalue weighted by atomic mass is 10.1. The first kappa shape index (κ1) is 14.8. The number of piperazine rings is 1. The van der Waals surface area contributed by atoms with Gasteiger partial charge in [-0.15, -0.1) is 12.4 Å². The number of hydrogen-bond donors (Lipinski definition) is 2. The lowest BCUT2D eigenvalue weighted by Gasteiger charge is -2.37. The first-order valence-corrected chi connectivity index (χ1v) is 6.64. The smallest absolute Gasteiger partial charge is 0.275 e. The van der Waals surface area contributed by atoms with E-state index in [0.717, 1.165) is 24.0 Å². The van der Waals surface area contributed by atoms with Gasteiger partial charge in [0.1, 0.15) is 0 Å². The number of benzene rings is 1. The third-order valence-electron chi connectivity index (χ3n) is 3.70. The molecule has 0 aliphatic carbocycles. The molecule has 2 aromatic rings. The van der Waals surface area contributed by atoms with E-state index in [1.165, 1.54) is 0 Å². The summed E-state index contributed by atoms with van der Waals surface area (Å²) < 4.78 is 0. The number of aromatic amines is 1. The van der Waals surface area contributed by atoms with Crippen LogP contribution in [0.2, 0.25) is 0 Å². The highest BCUT2D eigenvalue weighted by Gasteiger charge is 2.29. The summed E-state index contributed by atoms with van der Waals surface area (Å²) in [5.74, 6) is 0.0123. The highest BCUT2D eigenvalue weighted by atomic mass is 35.5. The summed E-state index contributed by atoms with van der Waals surface area (Å²) in [6, 6.07) is 8.25. The van der Waals surface area contributed by atoms with Gasteiger partial charge in [0.15, 0.2) is 5.69 Å². The zero-order chi connectivity index (χ0) is 13.4. The molecule has 108 valence electrons. The van der Waals surface area contributed by atoms with E-state index in [0.29, 0.717) is 11.7 Å². The van der Waals surface area contributed by atoms with Crippen molar-refractivity contribution in [2.45, 2.75) is 25.9 Å². The van der Waals surface area contributed by atoms with Crippen molar-refractivity contribution in [3.63, 3.8) is 0 Å². The maximum absolute atomic E-state index is 12.6. The molecular weight excluding hydrogens is 276 g/mol. The van der Waals surface area contributed by atoms with Gasteiger partial charge >= 0.3 is 0 Å². The topological polar surface area (TPSA) is 61.0 Å². The van der Waals surface area contributed by atoms with Gasteiger partial charge in [-0.1, -0.05) is 18.2 Å². The van der Waals surface area contributed by atoms with E-state index in [9.17, 15) is 4.79 Å². The summed E-state index contributed by atoms with van der Waals surface area (Å²) in [5, 5.41) is 11.4. The van der Waals surface area contributed by atoms with E-state index in [1.807, 2.05) is 29.2 Å². The number of amides is 1. The van der Waals surface area contributed by atoms with Crippen LogP contribution in [-0.2, 0) is 0 Å². The van der Waals surface area contributed by atoms with Crippen LogP contribution in [0.5, 0.6) is 0 Å². The molecule has 1 aliphatic heterocycles. The van der Waals surface area contributed by atoms with E-state index >= 15 is 0 Å². The summed E-state index contributed by atoms with van der Waals surface area (Å²) in [7, 11) is 0. The third-order valence-corrected chi connectivity index (χ3v) is 3.70. The van der Waals surface area contributed by atoms with Crippen molar-refractivity contribution in [2.75, 3.05) is 13.1 Å². The number of para-hydroxylation sites is 1. The fraction of sp³-hybridized carbons (Fsp3) is 0.429. The average molecular weight is 295 g/mol. The van der Waals surface area contributed by atoms with Gasteiger partial charge in [-0.25, -0.2) is 0 Å². The Morgan fingerprint density at radius 2 is 2.10 bits per heavy atom. The number of carbonyl (C=O) groups excluding carboxylic acids is 1. The maximum Gasteiger partial charge on any atom is 0.275 e. The quantitative estimate of drug-likeness (QED) is 0.843. The number of halogens is 1. The first-order valence-electron chi connectivity index (χ1n) is 6.64. The van der Waals surface area contributed by atoms with Crippen LogP contribution in [0, 0.1) is 0 Å². The number of carbonyl (C=O) groups is 1. The minimum Gasteiger partial charge on any atom is -0.332 e. The molecule has 2 atom stereocenters. The van der Waals surface area contributed by atoms with Gasteiger partial charge in [0, 0.05) is 30.6 Å². The summed E-state index contributed by atoms with van der Waals surface area (Å²) in [6.07, 6.45) is 0. The summed E-state index contributed by atoms with van der Waals surface area (Å²) in [6.45, 7) is 5.71. The maximum atomic E-state index is 12.6. The van der Waals surface area contributed by atoms with Crippen molar-refractivity contribution in [3.05, 3.63) is 30.0 Å². The van der Waals surface area contributed by atoms with E-state index in [-0.39, 0.29) is 24.4 Å². The molecule has 0 spiro atoms. The SMILES string of the molecule is CC1CN(C(=O)c2n[nH]c3ccccc23)C(C)CN1.Cl. The summed E-state index contributed by atoms with van der Waals surface area (Å²) in [4.78, 5) is 14.6. The minimum atomic E-state index is 0. The molecule has 1 aliphatic rings. The minimum absolute atomic E-state index is 0. The third kappa shape index (κ3) is 2.51. The Balaban J connectivity index is 0.00000147. The average Bonchev–Trinajstić information content (AvgIpc) is 2.84. The Bertz CT molecular complexity index is 612. The number of nitrogens with zero attached hydrogens (tertiary/aromatic N) is 2. The monoisotopic (exact) mass is 294 g/mol. The zero-order valence-corrected chi connectivity index (χ0v) is 12.4. The van der Waals surface area contributed by atoms with Gasteiger partial charge in [0.2, 0.25) is 0 Å². The number of fused-ring (bicyclic) bond motifs is 1. The van der Waals surface area contributed by atoms with Crippen LogP contribution in [0.15, 0.2) is 24.3 Å². The van der Waals surface area contributed by atoms with Crippen LogP contribution in [0.25, 0.3) is 10.9 Å². The number of H-pyrrole nitrogens is 1. The molecule has 0 bridgehead atoms. The molecule has 1 amide bonds. The van der Waals surface area contributed by atoms with E-state index < -0.39 is 0 Å². The largest absolute Gasteiger partial charge is 0.332 e. The molecule has 6 heteroatoms. The number of rotatable bonds is 1. The predicted molar refractivity (Wildman–Crippen MR) is 81.3 cm³/mol. The molecule has 0 saturated carbocycles. The van der Waals surface area contributed by atoms with Crippen molar-refractivity contribution < 1.29 is 4.79 Å². The van der Waals surface area contributed by atoms with Crippen LogP contribution in [0.1, 0.15) is 24.3 Å². The van der Waals surface area contributed by atoms with Gasteiger partial charge in [0.05, 0.1) is 5.52 Å². The van der Waals surface area contributed by atoms with E-state index in [1.54, 1.807) is 0 Å². The van der Waals surface area contributed by atoms with Gasteiger partial charge < -0.3 is 10.2 Å². The molecular formula is C14H19ClN4O. The van der Waals surface area contributed by atoms with Crippen molar-refractivity contribution in [3.8, 4) is 0 Å². The van der Waals surface area contributed by atoms with Crippen molar-refractivity contribution in [2.24, 2.45) is 0 Å². The van der Waals surface area contributed by atoms with Crippen LogP contribution in [0.4, 0.5) is 0 Å². The highest BCUT2D eigenvalue weighted by Crippen LogP contribution is 2.19. The molecule has 1 aromatic heterocycles. The van der Waals surface area contributed by atoms with Gasteiger partial charge in [0.25, 0.3) is 5.91 Å². The first-order chi connectivity index (χ1) is 9.16. The van der Waals surface area contributed by atoms with Crippen LogP contribution in [-0.4, -0.2) is 46.2 Å². The lowest BCUT2D eigenvalue weighted by molar-refractivity contribution is 0.0612. The fourth-order valence-electron chi connectivity index (χ4n) is 2.57. The summed E-state index contributed by atoms with van der Waals surface area (Å²) >= 11 is 0. The molecule has 2 heterocycles. The standard InChI is InChI=1S/C14H18N4O.ClH/c1-9-8-18(10(2)7-15-9)14(19)13-11-5-3-4-6-12(11)16-17-13;/h3-6,9-10,15H,7-8H2,1-2H3,(H,16,17);1H. The molecule has 1 saturated heterocycles. The Hall–Kier alpha value is -1.59. The molecule has 5 nitrogen and oxygen atoms in total. The number of aromatic nitrogens is 2. The van der Waals surface area contributed by atoms with Crippen molar-refractivity contribution >= 4 is 29.2 Å². The Morgan fingerprint density at radius 1 is 1.35 bits per heavy atom. The summed E-state index contributed by atoms with van der Waals surface area (Å²) in [5.41, 5.74) is 1.43. The molecule has 2 unspecified atom stereocenters. The lowest BCUT2D eigenvalue weighted by Crippen LogP contribution is -2.56. The molecule has 1 fully saturated rings. The van der Waals surface area contributed by atoms with Crippen molar-refractivity contribution in [1.82, 2.24) is 20.4 Å². The molecule has 0 radical (unpaired) electrons. The second-order valence-corrected chi connectivity index (χ2v) is 5.23. The number of hydrogen-bond acceptors (Lipinski definition) is 3. The predicted octanol–water partition coefficient (Wildman–Crippen LogP) is 1.81. The van der Waals surface area contributed by atoms with E-state index in [2.05, 4.69) is 29.4 Å². The molecule has 1 aromatic carbocycles. The fourth-order valence-corrected chi connectivity index (χ4v) is 2.57. The van der Waals surface area contributed by atoms with Gasteiger partial charge in [-0.2, -0.15) is 5.10 Å². The van der Waals surface area contributed by atoms with Gasteiger partial charge in [-0.3, -0.25) is 9.89 Å². The highest BCUT2D eigenvalue weighted by molar-refractivity contribution is 6.04. The van der Waals surface area contributed by atoms with Crippen LogP contribution >= 0.6 is 12.4 Å². The number of nitrogens with one attached hydrogen (secondary N) is 2.